The molecule has 0 unspecified atom stereocenters. The van der Waals surface area contributed by atoms with Crippen LogP contribution in [0, 0.1) is 0 Å². The highest BCUT2D eigenvalue weighted by molar-refractivity contribution is 7.90. The van der Waals surface area contributed by atoms with Gasteiger partial charge in [0.2, 0.25) is 11.9 Å². The van der Waals surface area contributed by atoms with Gasteiger partial charge in [0, 0.05) is 12.8 Å². The molecule has 21 heavy (non-hydrogen) atoms. The molecular formula is C12H15N5O3S. The Morgan fingerprint density at radius 2 is 2.00 bits per heavy atom. The summed E-state index contributed by atoms with van der Waals surface area (Å²) in [6, 6.07) is 6.33. The van der Waals surface area contributed by atoms with E-state index in [1.165, 1.54) is 23.1 Å². The van der Waals surface area contributed by atoms with E-state index in [0.717, 1.165) is 11.8 Å². The van der Waals surface area contributed by atoms with E-state index in [-0.39, 0.29) is 23.3 Å². The van der Waals surface area contributed by atoms with Crippen molar-refractivity contribution in [1.29, 1.82) is 0 Å². The molecule has 112 valence electrons. The normalized spacial score (nSPS) is 11.3. The van der Waals surface area contributed by atoms with Crippen LogP contribution in [0.5, 0.6) is 0 Å². The van der Waals surface area contributed by atoms with Gasteiger partial charge >= 0.3 is 0 Å². The van der Waals surface area contributed by atoms with Gasteiger partial charge in [0.05, 0.1) is 4.90 Å². The minimum absolute atomic E-state index is 0.0195. The van der Waals surface area contributed by atoms with Crippen molar-refractivity contribution >= 4 is 21.7 Å². The number of nitrogens with zero attached hydrogens (tertiary/aromatic N) is 3. The highest BCUT2D eigenvalue weighted by atomic mass is 32.2. The standard InChI is InChI=1S/C12H15N5O3S/c1-21(19,20)10-4-2-9(3-5-10)6-14-11(18)7-17-8-15-12(13)16-17/h2-5,8H,6-7H2,1H3,(H2,13,16)(H,14,18). The fourth-order valence-electron chi connectivity index (χ4n) is 1.64. The van der Waals surface area contributed by atoms with E-state index in [9.17, 15) is 13.2 Å². The van der Waals surface area contributed by atoms with E-state index >= 15 is 0 Å². The van der Waals surface area contributed by atoms with E-state index < -0.39 is 9.84 Å². The van der Waals surface area contributed by atoms with Crippen LogP contribution in [-0.2, 0) is 27.7 Å². The second-order valence-electron chi connectivity index (χ2n) is 4.49. The van der Waals surface area contributed by atoms with Gasteiger partial charge in [0.1, 0.15) is 12.9 Å². The van der Waals surface area contributed by atoms with Crippen molar-refractivity contribution in [2.45, 2.75) is 18.0 Å². The van der Waals surface area contributed by atoms with Crippen LogP contribution in [0.25, 0.3) is 0 Å². The maximum absolute atomic E-state index is 11.7. The first-order valence-electron chi connectivity index (χ1n) is 6.05. The van der Waals surface area contributed by atoms with Crippen LogP contribution in [0.1, 0.15) is 5.56 Å². The van der Waals surface area contributed by atoms with Gasteiger partial charge in [0.15, 0.2) is 9.84 Å². The molecule has 0 bridgehead atoms. The smallest absolute Gasteiger partial charge is 0.242 e. The Hall–Kier alpha value is -2.42. The van der Waals surface area contributed by atoms with Gasteiger partial charge in [-0.05, 0) is 17.7 Å². The average Bonchev–Trinajstić information content (AvgIpc) is 2.81. The highest BCUT2D eigenvalue weighted by Gasteiger charge is 2.07. The number of sulfone groups is 1. The summed E-state index contributed by atoms with van der Waals surface area (Å²) < 4.78 is 24.0. The van der Waals surface area contributed by atoms with Gasteiger partial charge in [-0.3, -0.25) is 4.79 Å². The lowest BCUT2D eigenvalue weighted by molar-refractivity contribution is -0.122. The van der Waals surface area contributed by atoms with Crippen LogP contribution in [-0.4, -0.2) is 35.3 Å². The van der Waals surface area contributed by atoms with Crippen LogP contribution in [0.4, 0.5) is 5.95 Å². The predicted molar refractivity (Wildman–Crippen MR) is 75.8 cm³/mol. The molecule has 1 aromatic heterocycles. The molecule has 0 atom stereocenters. The Bertz CT molecular complexity index is 737. The minimum Gasteiger partial charge on any atom is -0.367 e. The van der Waals surface area contributed by atoms with Crippen LogP contribution < -0.4 is 11.1 Å². The fourth-order valence-corrected chi connectivity index (χ4v) is 2.27. The van der Waals surface area contributed by atoms with Crippen molar-refractivity contribution in [1.82, 2.24) is 20.1 Å². The zero-order valence-electron chi connectivity index (χ0n) is 11.4. The molecular weight excluding hydrogens is 294 g/mol. The second-order valence-corrected chi connectivity index (χ2v) is 6.51. The van der Waals surface area contributed by atoms with Gasteiger partial charge in [-0.15, -0.1) is 5.10 Å². The number of amides is 1. The van der Waals surface area contributed by atoms with E-state index in [1.54, 1.807) is 12.1 Å². The number of nitrogens with one attached hydrogen (secondary N) is 1. The van der Waals surface area contributed by atoms with Crippen molar-refractivity contribution in [2.24, 2.45) is 0 Å². The third-order valence-corrected chi connectivity index (χ3v) is 3.83. The van der Waals surface area contributed by atoms with Crippen molar-refractivity contribution in [3.05, 3.63) is 36.2 Å². The van der Waals surface area contributed by atoms with Gasteiger partial charge in [0.25, 0.3) is 0 Å². The molecule has 2 rings (SSSR count). The Balaban J connectivity index is 1.89. The minimum atomic E-state index is -3.21. The molecule has 0 spiro atoms. The number of anilines is 1. The number of carbonyl (C=O) groups excluding carboxylic acids is 1. The molecule has 0 saturated carbocycles. The summed E-state index contributed by atoms with van der Waals surface area (Å²) in [5, 5.41) is 6.50. The fraction of sp³-hybridized carbons (Fsp3) is 0.250. The number of hydrogen-bond donors (Lipinski definition) is 2. The SMILES string of the molecule is CS(=O)(=O)c1ccc(CNC(=O)Cn2cnc(N)n2)cc1. The predicted octanol–water partition coefficient (Wildman–Crippen LogP) is -0.420. The van der Waals surface area contributed by atoms with Crippen molar-refractivity contribution in [3.63, 3.8) is 0 Å². The number of nitrogens with two attached hydrogens (primary N) is 1. The third kappa shape index (κ3) is 4.28. The number of rotatable bonds is 5. The van der Waals surface area contributed by atoms with Crippen LogP contribution in [0.2, 0.25) is 0 Å². The van der Waals surface area contributed by atoms with E-state index in [1.807, 2.05) is 0 Å². The van der Waals surface area contributed by atoms with E-state index in [4.69, 9.17) is 5.73 Å². The topological polar surface area (TPSA) is 120 Å². The maximum atomic E-state index is 11.7. The Kier molecular flexibility index (Phi) is 4.22. The molecule has 1 aromatic carbocycles. The third-order valence-electron chi connectivity index (χ3n) is 2.70. The molecule has 0 radical (unpaired) electrons. The summed E-state index contributed by atoms with van der Waals surface area (Å²) in [7, 11) is -3.21. The lowest BCUT2D eigenvalue weighted by Crippen LogP contribution is -2.27. The first-order chi connectivity index (χ1) is 9.84. The Morgan fingerprint density at radius 3 is 2.52 bits per heavy atom. The molecule has 0 aliphatic heterocycles. The molecule has 0 aliphatic carbocycles. The monoisotopic (exact) mass is 309 g/mol. The lowest BCUT2D eigenvalue weighted by Gasteiger charge is -2.06. The largest absolute Gasteiger partial charge is 0.367 e. The van der Waals surface area contributed by atoms with Crippen LogP contribution in [0.15, 0.2) is 35.5 Å². The molecule has 8 nitrogen and oxygen atoms in total. The molecule has 0 fully saturated rings. The molecule has 1 amide bonds. The highest BCUT2D eigenvalue weighted by Crippen LogP contribution is 2.10. The Labute approximate surface area is 121 Å². The van der Waals surface area contributed by atoms with Gasteiger partial charge < -0.3 is 11.1 Å². The lowest BCUT2D eigenvalue weighted by atomic mass is 10.2. The van der Waals surface area contributed by atoms with Crippen LogP contribution >= 0.6 is 0 Å². The first-order valence-corrected chi connectivity index (χ1v) is 7.94. The summed E-state index contributed by atoms with van der Waals surface area (Å²) in [6.45, 7) is 0.318. The van der Waals surface area contributed by atoms with Gasteiger partial charge in [-0.2, -0.15) is 0 Å². The average molecular weight is 309 g/mol. The summed E-state index contributed by atoms with van der Waals surface area (Å²) in [5.74, 6) is -0.133. The molecule has 9 heteroatoms. The van der Waals surface area contributed by atoms with Crippen molar-refractivity contribution < 1.29 is 13.2 Å². The maximum Gasteiger partial charge on any atom is 0.242 e. The summed E-state index contributed by atoms with van der Waals surface area (Å²) in [5.41, 5.74) is 6.14. The van der Waals surface area contributed by atoms with Crippen molar-refractivity contribution in [3.8, 4) is 0 Å². The summed E-state index contributed by atoms with van der Waals surface area (Å²) >= 11 is 0. The quantitative estimate of drug-likeness (QED) is 0.774. The number of benzene rings is 1. The molecule has 2 aromatic rings. The summed E-state index contributed by atoms with van der Waals surface area (Å²) in [4.78, 5) is 15.6. The molecule has 3 N–H and O–H groups in total. The first kappa shape index (κ1) is 15.0. The number of carbonyl (C=O) groups is 1. The zero-order valence-corrected chi connectivity index (χ0v) is 12.2. The van der Waals surface area contributed by atoms with E-state index in [2.05, 4.69) is 15.4 Å². The number of aromatic nitrogens is 3. The summed E-state index contributed by atoms with van der Waals surface area (Å²) in [6.07, 6.45) is 2.52. The molecule has 1 heterocycles. The number of nitrogen functional groups attached to an aromatic ring is 1. The van der Waals surface area contributed by atoms with Crippen LogP contribution in [0.3, 0.4) is 0 Å². The Morgan fingerprint density at radius 1 is 1.33 bits per heavy atom. The molecule has 0 saturated heterocycles. The number of hydrogen-bond acceptors (Lipinski definition) is 6. The van der Waals surface area contributed by atoms with Gasteiger partial charge in [-0.25, -0.2) is 18.1 Å². The molecule has 0 aliphatic rings. The van der Waals surface area contributed by atoms with Crippen molar-refractivity contribution in [2.75, 3.05) is 12.0 Å². The van der Waals surface area contributed by atoms with Gasteiger partial charge in [-0.1, -0.05) is 12.1 Å². The second kappa shape index (κ2) is 5.92. The zero-order chi connectivity index (χ0) is 15.5. The van der Waals surface area contributed by atoms with E-state index in [0.29, 0.717) is 6.54 Å².